The number of ether oxygens (including phenoxy) is 4. The minimum Gasteiger partial charge on any atom is -0.462 e. The Morgan fingerprint density at radius 3 is 0.717 bits per heavy atom. The van der Waals surface area contributed by atoms with E-state index in [1.54, 1.807) is 0 Å². The van der Waals surface area contributed by atoms with Crippen LogP contribution in [0.25, 0.3) is 0 Å². The molecule has 0 bridgehead atoms. The summed E-state index contributed by atoms with van der Waals surface area (Å²) in [6, 6.07) is 0. The number of carbonyl (C=O) groups is 4. The standard InChI is InChI=1S/C80H156O17P2/c1-9-73(8)59-51-43-38-39-45-53-61-78(83)91-67-76(97-79(84)62-54-46-36-30-23-19-15-11-13-17-21-27-33-41-49-57-71(4)5)69-95-99(88,89)93-65-74(81)64-92-98(86,87)94-68-75(96-80(85)63-55-47-37-31-25-24-28-34-42-50-58-72(6)7)66-90-77(82)60-52-44-35-29-22-18-14-10-12-16-20-26-32-40-48-56-70(2)3/h70-76,81H,9-69H2,1-8H3,(H,86,87)(H,88,89)/t73?,74-,75-,76-/m1/s1. The molecule has 0 heterocycles. The quantitative estimate of drug-likeness (QED) is 0.0222. The first-order chi connectivity index (χ1) is 47.6. The number of phosphoric ester groups is 2. The molecule has 6 atom stereocenters. The summed E-state index contributed by atoms with van der Waals surface area (Å²) in [6.07, 6.45) is 55.5. The summed E-state index contributed by atoms with van der Waals surface area (Å²) in [4.78, 5) is 73.0. The van der Waals surface area contributed by atoms with Crippen molar-refractivity contribution in [2.45, 2.75) is 427 Å². The van der Waals surface area contributed by atoms with E-state index in [9.17, 15) is 43.2 Å². The van der Waals surface area contributed by atoms with Crippen molar-refractivity contribution in [2.75, 3.05) is 39.6 Å². The summed E-state index contributed by atoms with van der Waals surface area (Å²) in [7, 11) is -9.92. The van der Waals surface area contributed by atoms with Gasteiger partial charge in [-0.15, -0.1) is 0 Å². The average molecular weight is 1450 g/mol. The van der Waals surface area contributed by atoms with Gasteiger partial charge in [-0.2, -0.15) is 0 Å². The second-order valence-electron chi connectivity index (χ2n) is 30.5. The third kappa shape index (κ3) is 72.8. The second-order valence-corrected chi connectivity index (χ2v) is 33.4. The second kappa shape index (κ2) is 69.1. The fraction of sp³-hybridized carbons (Fsp3) is 0.950. The Labute approximate surface area is 607 Å². The predicted molar refractivity (Wildman–Crippen MR) is 404 cm³/mol. The van der Waals surface area contributed by atoms with E-state index < -0.39 is 97.5 Å². The highest BCUT2D eigenvalue weighted by Crippen LogP contribution is 2.45. The molecule has 3 N–H and O–H groups in total. The molecule has 0 fully saturated rings. The number of carbonyl (C=O) groups excluding carboxylic acids is 4. The molecule has 0 radical (unpaired) electrons. The van der Waals surface area contributed by atoms with Gasteiger partial charge in [-0.05, 0) is 49.4 Å². The van der Waals surface area contributed by atoms with Gasteiger partial charge in [-0.1, -0.05) is 357 Å². The largest absolute Gasteiger partial charge is 0.472 e. The van der Waals surface area contributed by atoms with Crippen LogP contribution in [0, 0.1) is 23.7 Å². The van der Waals surface area contributed by atoms with Crippen LogP contribution in [-0.2, 0) is 65.4 Å². The number of hydrogen-bond donors (Lipinski definition) is 3. The van der Waals surface area contributed by atoms with Crippen molar-refractivity contribution in [3.8, 4) is 0 Å². The molecule has 0 aliphatic carbocycles. The smallest absolute Gasteiger partial charge is 0.462 e. The van der Waals surface area contributed by atoms with Gasteiger partial charge in [-0.25, -0.2) is 9.13 Å². The number of hydrogen-bond acceptors (Lipinski definition) is 15. The van der Waals surface area contributed by atoms with E-state index in [1.165, 1.54) is 205 Å². The van der Waals surface area contributed by atoms with Gasteiger partial charge in [0.1, 0.15) is 19.3 Å². The van der Waals surface area contributed by atoms with Crippen LogP contribution in [0.3, 0.4) is 0 Å². The van der Waals surface area contributed by atoms with Crippen molar-refractivity contribution in [1.29, 1.82) is 0 Å². The van der Waals surface area contributed by atoms with Gasteiger partial charge in [0.25, 0.3) is 0 Å². The maximum Gasteiger partial charge on any atom is 0.472 e. The fourth-order valence-electron chi connectivity index (χ4n) is 12.2. The molecular weight excluding hydrogens is 1290 g/mol. The Hall–Kier alpha value is -1.94. The van der Waals surface area contributed by atoms with E-state index in [0.717, 1.165) is 120 Å². The molecule has 0 aromatic heterocycles. The number of rotatable bonds is 77. The molecule has 17 nitrogen and oxygen atoms in total. The van der Waals surface area contributed by atoms with Crippen molar-refractivity contribution in [1.82, 2.24) is 0 Å². The summed E-state index contributed by atoms with van der Waals surface area (Å²) in [5.41, 5.74) is 0. The molecular formula is C80H156O17P2. The highest BCUT2D eigenvalue weighted by atomic mass is 31.2. The fourth-order valence-corrected chi connectivity index (χ4v) is 13.8. The van der Waals surface area contributed by atoms with Crippen LogP contribution in [0.2, 0.25) is 0 Å². The number of phosphoric acid groups is 2. The normalized spacial score (nSPS) is 14.3. The molecule has 3 unspecified atom stereocenters. The first kappa shape index (κ1) is 97.1. The molecule has 0 spiro atoms. The maximum absolute atomic E-state index is 13.1. The van der Waals surface area contributed by atoms with Crippen molar-refractivity contribution >= 4 is 39.5 Å². The summed E-state index contributed by atoms with van der Waals surface area (Å²) < 4.78 is 68.7. The maximum atomic E-state index is 13.1. The zero-order valence-corrected chi connectivity index (χ0v) is 66.9. The van der Waals surface area contributed by atoms with E-state index in [4.69, 9.17) is 37.0 Å². The van der Waals surface area contributed by atoms with Gasteiger partial charge in [0.2, 0.25) is 0 Å². The Balaban J connectivity index is 5.22. The van der Waals surface area contributed by atoms with Crippen molar-refractivity contribution < 1.29 is 80.2 Å². The zero-order valence-electron chi connectivity index (χ0n) is 65.1. The zero-order chi connectivity index (χ0) is 73.1. The third-order valence-corrected chi connectivity index (χ3v) is 20.8. The van der Waals surface area contributed by atoms with Crippen LogP contribution < -0.4 is 0 Å². The van der Waals surface area contributed by atoms with E-state index in [1.807, 2.05) is 0 Å². The number of esters is 4. The van der Waals surface area contributed by atoms with E-state index in [2.05, 4.69) is 55.4 Å². The Bertz CT molecular complexity index is 1940. The molecule has 0 aliphatic rings. The molecule has 0 aromatic carbocycles. The minimum absolute atomic E-state index is 0.106. The first-order valence-electron chi connectivity index (χ1n) is 41.2. The average Bonchev–Trinajstić information content (AvgIpc) is 1.04. The van der Waals surface area contributed by atoms with Crippen molar-refractivity contribution in [3.05, 3.63) is 0 Å². The van der Waals surface area contributed by atoms with Gasteiger partial charge in [0, 0.05) is 25.7 Å². The molecule has 19 heteroatoms. The SMILES string of the molecule is CCC(C)CCCCCCCCC(=O)OC[C@H](COP(=O)(O)OC[C@H](O)COP(=O)(O)OC[C@@H](COC(=O)CCCCCCCCCCCCCCCCCC(C)C)OC(=O)CCCCCCCCCCCCC(C)C)OC(=O)CCCCCCCCCCCCCCCCCC(C)C. The summed E-state index contributed by atoms with van der Waals surface area (Å²) in [5, 5.41) is 10.6. The van der Waals surface area contributed by atoms with Crippen LogP contribution in [0.5, 0.6) is 0 Å². The monoisotopic (exact) mass is 1450 g/mol. The lowest BCUT2D eigenvalue weighted by Crippen LogP contribution is -2.30. The van der Waals surface area contributed by atoms with Crippen molar-refractivity contribution in [3.63, 3.8) is 0 Å². The highest BCUT2D eigenvalue weighted by molar-refractivity contribution is 7.47. The lowest BCUT2D eigenvalue weighted by molar-refractivity contribution is -0.161. The van der Waals surface area contributed by atoms with Crippen LogP contribution in [0.4, 0.5) is 0 Å². The molecule has 99 heavy (non-hydrogen) atoms. The molecule has 0 rings (SSSR count). The van der Waals surface area contributed by atoms with Gasteiger partial charge in [-0.3, -0.25) is 37.3 Å². The summed E-state index contributed by atoms with van der Waals surface area (Å²) in [6.45, 7) is 14.2. The lowest BCUT2D eigenvalue weighted by Gasteiger charge is -2.21. The van der Waals surface area contributed by atoms with Gasteiger partial charge < -0.3 is 33.8 Å². The molecule has 0 aliphatic heterocycles. The van der Waals surface area contributed by atoms with Gasteiger partial charge in [0.15, 0.2) is 12.2 Å². The summed E-state index contributed by atoms with van der Waals surface area (Å²) >= 11 is 0. The topological polar surface area (TPSA) is 237 Å². The molecule has 0 saturated heterocycles. The van der Waals surface area contributed by atoms with Crippen LogP contribution in [-0.4, -0.2) is 96.7 Å². The molecule has 0 saturated carbocycles. The number of aliphatic hydroxyl groups is 1. The van der Waals surface area contributed by atoms with E-state index >= 15 is 0 Å². The van der Waals surface area contributed by atoms with Crippen LogP contribution in [0.15, 0.2) is 0 Å². The van der Waals surface area contributed by atoms with Crippen molar-refractivity contribution in [2.24, 2.45) is 23.7 Å². The van der Waals surface area contributed by atoms with Crippen LogP contribution in [0.1, 0.15) is 409 Å². The highest BCUT2D eigenvalue weighted by Gasteiger charge is 2.30. The van der Waals surface area contributed by atoms with E-state index in [-0.39, 0.29) is 25.7 Å². The van der Waals surface area contributed by atoms with Gasteiger partial charge in [0.05, 0.1) is 26.4 Å². The Morgan fingerprint density at radius 1 is 0.283 bits per heavy atom. The van der Waals surface area contributed by atoms with E-state index in [0.29, 0.717) is 25.7 Å². The molecule has 0 amide bonds. The third-order valence-electron chi connectivity index (χ3n) is 18.9. The summed E-state index contributed by atoms with van der Waals surface area (Å²) in [5.74, 6) is 0.975. The Morgan fingerprint density at radius 2 is 0.485 bits per heavy atom. The predicted octanol–water partition coefficient (Wildman–Crippen LogP) is 23.6. The van der Waals surface area contributed by atoms with Crippen LogP contribution >= 0.6 is 15.6 Å². The van der Waals surface area contributed by atoms with Gasteiger partial charge >= 0.3 is 39.5 Å². The lowest BCUT2D eigenvalue weighted by atomic mass is 10.00. The molecule has 588 valence electrons. The number of unbranched alkanes of at least 4 members (excludes halogenated alkanes) is 42. The molecule has 0 aromatic rings. The minimum atomic E-state index is -4.96. The number of aliphatic hydroxyl groups excluding tert-OH is 1. The first-order valence-corrected chi connectivity index (χ1v) is 44.2. The Kier molecular flexibility index (Phi) is 67.8.